The molecule has 16 heavy (non-hydrogen) atoms. The van der Waals surface area contributed by atoms with Gasteiger partial charge in [-0.1, -0.05) is 12.1 Å². The van der Waals surface area contributed by atoms with Crippen LogP contribution in [0.5, 0.6) is 0 Å². The first-order chi connectivity index (χ1) is 7.72. The molecule has 4 nitrogen and oxygen atoms in total. The molecule has 2 rings (SSSR count). The average molecular weight is 214 g/mol. The SMILES string of the molecule is CC(=O)Nc1cccc2c(C=O)nccc12. The van der Waals surface area contributed by atoms with Gasteiger partial charge in [0.2, 0.25) is 5.91 Å². The number of aromatic nitrogens is 1. The Kier molecular flexibility index (Phi) is 2.64. The van der Waals surface area contributed by atoms with Gasteiger partial charge in [-0.25, -0.2) is 0 Å². The Morgan fingerprint density at radius 1 is 1.31 bits per heavy atom. The zero-order chi connectivity index (χ0) is 11.5. The predicted molar refractivity (Wildman–Crippen MR) is 61.4 cm³/mol. The van der Waals surface area contributed by atoms with E-state index in [9.17, 15) is 9.59 Å². The lowest BCUT2D eigenvalue weighted by Crippen LogP contribution is -2.06. The standard InChI is InChI=1S/C12H10N2O2/c1-8(16)14-11-4-2-3-9-10(11)5-6-13-12(9)7-15/h2-7H,1H3,(H,14,16). The number of amides is 1. The summed E-state index contributed by atoms with van der Waals surface area (Å²) in [5, 5.41) is 4.27. The molecule has 4 heteroatoms. The molecule has 0 aliphatic rings. The molecule has 0 spiro atoms. The number of carbonyl (C=O) groups excluding carboxylic acids is 2. The van der Waals surface area contributed by atoms with Crippen molar-refractivity contribution in [2.75, 3.05) is 5.32 Å². The summed E-state index contributed by atoms with van der Waals surface area (Å²) in [6, 6.07) is 7.14. The van der Waals surface area contributed by atoms with E-state index in [1.807, 2.05) is 0 Å². The second kappa shape index (κ2) is 4.10. The summed E-state index contributed by atoms with van der Waals surface area (Å²) >= 11 is 0. The summed E-state index contributed by atoms with van der Waals surface area (Å²) in [5.74, 6) is -0.142. The van der Waals surface area contributed by atoms with Crippen LogP contribution in [0.15, 0.2) is 30.5 Å². The van der Waals surface area contributed by atoms with Crippen molar-refractivity contribution >= 4 is 28.7 Å². The molecule has 0 saturated heterocycles. The van der Waals surface area contributed by atoms with Crippen LogP contribution < -0.4 is 5.32 Å². The van der Waals surface area contributed by atoms with Crippen LogP contribution in [0.1, 0.15) is 17.4 Å². The first kappa shape index (κ1) is 10.3. The zero-order valence-electron chi connectivity index (χ0n) is 8.73. The van der Waals surface area contributed by atoms with Crippen LogP contribution in [0.2, 0.25) is 0 Å². The summed E-state index contributed by atoms with van der Waals surface area (Å²) in [7, 11) is 0. The second-order valence-electron chi connectivity index (χ2n) is 3.40. The van der Waals surface area contributed by atoms with Gasteiger partial charge in [0, 0.05) is 29.6 Å². The first-order valence-corrected chi connectivity index (χ1v) is 4.83. The van der Waals surface area contributed by atoms with Crippen molar-refractivity contribution in [3.8, 4) is 0 Å². The van der Waals surface area contributed by atoms with Gasteiger partial charge in [0.05, 0.1) is 0 Å². The number of fused-ring (bicyclic) bond motifs is 1. The van der Waals surface area contributed by atoms with Crippen LogP contribution >= 0.6 is 0 Å². The fourth-order valence-electron chi connectivity index (χ4n) is 1.62. The van der Waals surface area contributed by atoms with E-state index in [0.29, 0.717) is 17.7 Å². The number of pyridine rings is 1. The van der Waals surface area contributed by atoms with Gasteiger partial charge in [-0.05, 0) is 12.1 Å². The zero-order valence-corrected chi connectivity index (χ0v) is 8.73. The van der Waals surface area contributed by atoms with Crippen molar-refractivity contribution in [3.63, 3.8) is 0 Å². The normalized spacial score (nSPS) is 10.1. The molecular formula is C12H10N2O2. The average Bonchev–Trinajstić information content (AvgIpc) is 2.28. The van der Waals surface area contributed by atoms with Crippen molar-refractivity contribution in [1.82, 2.24) is 4.98 Å². The summed E-state index contributed by atoms with van der Waals surface area (Å²) in [4.78, 5) is 25.8. The Labute approximate surface area is 92.3 Å². The lowest BCUT2D eigenvalue weighted by molar-refractivity contribution is -0.114. The molecule has 0 aliphatic heterocycles. The first-order valence-electron chi connectivity index (χ1n) is 4.83. The molecule has 1 heterocycles. The number of carbonyl (C=O) groups is 2. The highest BCUT2D eigenvalue weighted by Gasteiger charge is 2.05. The van der Waals surface area contributed by atoms with E-state index in [1.165, 1.54) is 6.92 Å². The van der Waals surface area contributed by atoms with Crippen molar-refractivity contribution in [2.24, 2.45) is 0 Å². The molecule has 1 aromatic carbocycles. The third kappa shape index (κ3) is 1.77. The van der Waals surface area contributed by atoms with Crippen molar-refractivity contribution in [1.29, 1.82) is 0 Å². The van der Waals surface area contributed by atoms with E-state index in [-0.39, 0.29) is 5.91 Å². The van der Waals surface area contributed by atoms with Crippen LogP contribution in [0.4, 0.5) is 5.69 Å². The number of nitrogens with zero attached hydrogens (tertiary/aromatic N) is 1. The van der Waals surface area contributed by atoms with Gasteiger partial charge in [0.1, 0.15) is 5.69 Å². The molecule has 1 aromatic heterocycles. The van der Waals surface area contributed by atoms with Gasteiger partial charge in [-0.15, -0.1) is 0 Å². The van der Waals surface area contributed by atoms with E-state index in [4.69, 9.17) is 0 Å². The van der Waals surface area contributed by atoms with Gasteiger partial charge in [0.15, 0.2) is 6.29 Å². The molecule has 1 amide bonds. The number of aldehydes is 1. The lowest BCUT2D eigenvalue weighted by Gasteiger charge is -2.07. The number of benzene rings is 1. The molecule has 2 aromatic rings. The number of hydrogen-bond donors (Lipinski definition) is 1. The van der Waals surface area contributed by atoms with Gasteiger partial charge >= 0.3 is 0 Å². The van der Waals surface area contributed by atoms with Crippen LogP contribution in [0.3, 0.4) is 0 Å². The Morgan fingerprint density at radius 3 is 2.81 bits per heavy atom. The van der Waals surface area contributed by atoms with Gasteiger partial charge < -0.3 is 5.32 Å². The number of rotatable bonds is 2. The fraction of sp³-hybridized carbons (Fsp3) is 0.0833. The summed E-state index contributed by atoms with van der Waals surface area (Å²) in [6.45, 7) is 1.45. The van der Waals surface area contributed by atoms with E-state index < -0.39 is 0 Å². The van der Waals surface area contributed by atoms with Crippen molar-refractivity contribution < 1.29 is 9.59 Å². The lowest BCUT2D eigenvalue weighted by atomic mass is 10.1. The van der Waals surface area contributed by atoms with Crippen molar-refractivity contribution in [3.05, 3.63) is 36.2 Å². The molecular weight excluding hydrogens is 204 g/mol. The maximum absolute atomic E-state index is 11.0. The second-order valence-corrected chi connectivity index (χ2v) is 3.40. The predicted octanol–water partition coefficient (Wildman–Crippen LogP) is 2.01. The summed E-state index contributed by atoms with van der Waals surface area (Å²) < 4.78 is 0. The van der Waals surface area contributed by atoms with Crippen LogP contribution in [0, 0.1) is 0 Å². The van der Waals surface area contributed by atoms with E-state index >= 15 is 0 Å². The number of hydrogen-bond acceptors (Lipinski definition) is 3. The summed E-state index contributed by atoms with van der Waals surface area (Å²) in [5.41, 5.74) is 1.07. The Hall–Kier alpha value is -2.23. The third-order valence-corrected chi connectivity index (χ3v) is 2.26. The van der Waals surface area contributed by atoms with E-state index in [1.54, 1.807) is 30.5 Å². The van der Waals surface area contributed by atoms with Crippen LogP contribution in [-0.4, -0.2) is 17.2 Å². The molecule has 0 unspecified atom stereocenters. The monoisotopic (exact) mass is 214 g/mol. The molecule has 80 valence electrons. The Bertz CT molecular complexity index is 564. The smallest absolute Gasteiger partial charge is 0.221 e. The molecule has 0 bridgehead atoms. The highest BCUT2D eigenvalue weighted by atomic mass is 16.1. The minimum absolute atomic E-state index is 0.142. The largest absolute Gasteiger partial charge is 0.326 e. The number of anilines is 1. The summed E-state index contributed by atoms with van der Waals surface area (Å²) in [6.07, 6.45) is 2.26. The molecule has 0 saturated carbocycles. The quantitative estimate of drug-likeness (QED) is 0.778. The Morgan fingerprint density at radius 2 is 2.12 bits per heavy atom. The highest BCUT2D eigenvalue weighted by molar-refractivity contribution is 6.05. The molecule has 1 N–H and O–H groups in total. The van der Waals surface area contributed by atoms with E-state index in [2.05, 4.69) is 10.3 Å². The van der Waals surface area contributed by atoms with Gasteiger partial charge in [-0.3, -0.25) is 14.6 Å². The third-order valence-electron chi connectivity index (χ3n) is 2.26. The van der Waals surface area contributed by atoms with Crippen LogP contribution in [0.25, 0.3) is 10.8 Å². The topological polar surface area (TPSA) is 59.1 Å². The molecule has 0 aliphatic carbocycles. The van der Waals surface area contributed by atoms with E-state index in [0.717, 1.165) is 10.8 Å². The fourth-order valence-corrected chi connectivity index (χ4v) is 1.62. The number of nitrogens with one attached hydrogen (secondary N) is 1. The minimum Gasteiger partial charge on any atom is -0.326 e. The molecule has 0 fully saturated rings. The Balaban J connectivity index is 2.68. The highest BCUT2D eigenvalue weighted by Crippen LogP contribution is 2.24. The van der Waals surface area contributed by atoms with Crippen LogP contribution in [-0.2, 0) is 4.79 Å². The molecule has 0 radical (unpaired) electrons. The van der Waals surface area contributed by atoms with Gasteiger partial charge in [0.25, 0.3) is 0 Å². The maximum Gasteiger partial charge on any atom is 0.221 e. The van der Waals surface area contributed by atoms with Crippen molar-refractivity contribution in [2.45, 2.75) is 6.92 Å². The molecule has 0 atom stereocenters. The minimum atomic E-state index is -0.142. The van der Waals surface area contributed by atoms with Gasteiger partial charge in [-0.2, -0.15) is 0 Å². The maximum atomic E-state index is 11.0.